The molecule has 57 heavy (non-hydrogen) atoms. The Hall–Kier alpha value is -4.35. The zero-order chi connectivity index (χ0) is 40.4. The minimum atomic E-state index is -0.380. The number of fused-ring (bicyclic) bond motifs is 2. The van der Waals surface area contributed by atoms with Crippen LogP contribution in [0.1, 0.15) is 111 Å². The first-order chi connectivity index (χ1) is 27.7. The quantitative estimate of drug-likeness (QED) is 0.0234. The third-order valence-corrected chi connectivity index (χ3v) is 13.7. The van der Waals surface area contributed by atoms with Crippen molar-refractivity contribution in [3.05, 3.63) is 39.8 Å². The molecule has 6 atom stereocenters. The fourth-order valence-electron chi connectivity index (χ4n) is 7.62. The second-order valence-corrected chi connectivity index (χ2v) is 17.6. The summed E-state index contributed by atoms with van der Waals surface area (Å²) >= 11 is 3.76. The van der Waals surface area contributed by atoms with E-state index in [1.807, 2.05) is 23.5 Å². The van der Waals surface area contributed by atoms with Gasteiger partial charge in [0.25, 0.3) is 11.8 Å². The highest BCUT2D eigenvalue weighted by molar-refractivity contribution is 8.00. The van der Waals surface area contributed by atoms with Crippen molar-refractivity contribution in [2.24, 2.45) is 5.11 Å². The number of hydrogen-bond acceptors (Lipinski definition) is 9. The van der Waals surface area contributed by atoms with Gasteiger partial charge in [-0.1, -0.05) is 18.0 Å². The Morgan fingerprint density at radius 1 is 0.614 bits per heavy atom. The Morgan fingerprint density at radius 2 is 1.05 bits per heavy atom. The van der Waals surface area contributed by atoms with Gasteiger partial charge >= 0.3 is 12.1 Å². The molecule has 1 aromatic carbocycles. The van der Waals surface area contributed by atoms with Crippen LogP contribution in [0.25, 0.3) is 10.4 Å². The molecule has 0 aliphatic carbocycles. The number of hydrogen-bond donors (Lipinski definition) is 8. The SMILES string of the molecule is [N-]=[N+]=Nc1cc(C(=O)NCCCCCNC(=O)CCCC[C@@H]2SC[C@@H]3NC(=O)N[C@@H]32)cc(C(=O)NCCCCCNC(=O)CCCC[C@@H]2SC[C@@H]3NC(=O)N[C@@H]32)c1. The zero-order valence-corrected chi connectivity index (χ0v) is 34.1. The number of rotatable bonds is 25. The van der Waals surface area contributed by atoms with Crippen LogP contribution in [-0.2, 0) is 9.59 Å². The number of unbranched alkanes of at least 4 members (excludes halogenated alkanes) is 6. The topological polar surface area (TPSA) is 247 Å². The average molecular weight is 828 g/mol. The molecule has 0 saturated carbocycles. The lowest BCUT2D eigenvalue weighted by Crippen LogP contribution is -2.36. The standard InChI is InChI=1S/C38H57N11O6S2/c39-49-48-26-20-24(35(52)42-17-9-1-7-15-40-31(50)13-5-3-11-29-33-27(22-56-29)44-37(54)46-33)19-25(21-26)36(53)43-18-10-2-8-16-41-32(51)14-6-4-12-30-34-28(23-57-30)45-38(55)47-34/h19-21,27-30,33-34H,1-18,22-23H2,(H,40,50)(H,41,51)(H,42,52)(H,43,53)(H2,44,46,54)(H2,45,47,55)/t27-,28-,29-,30-,33-,34-/m0/s1. The molecular weight excluding hydrogens is 771 g/mol. The Kier molecular flexibility index (Phi) is 17.8. The predicted octanol–water partition coefficient (Wildman–Crippen LogP) is 4.11. The van der Waals surface area contributed by atoms with Gasteiger partial charge in [0.1, 0.15) is 0 Å². The van der Waals surface area contributed by atoms with Crippen molar-refractivity contribution in [3.63, 3.8) is 0 Å². The van der Waals surface area contributed by atoms with Gasteiger partial charge in [-0.3, -0.25) is 19.2 Å². The molecule has 312 valence electrons. The molecule has 8 amide bonds. The van der Waals surface area contributed by atoms with E-state index < -0.39 is 0 Å². The summed E-state index contributed by atoms with van der Waals surface area (Å²) in [6, 6.07) is 5.02. The number of nitrogens with zero attached hydrogens (tertiary/aromatic N) is 3. The Morgan fingerprint density at radius 3 is 1.49 bits per heavy atom. The molecule has 4 saturated heterocycles. The number of thioether (sulfide) groups is 2. The minimum absolute atomic E-state index is 0.0349. The average Bonchev–Trinajstić information content (AvgIpc) is 3.96. The van der Waals surface area contributed by atoms with Crippen LogP contribution in [0.4, 0.5) is 15.3 Å². The van der Waals surface area contributed by atoms with Crippen molar-refractivity contribution in [1.29, 1.82) is 0 Å². The molecule has 0 radical (unpaired) electrons. The van der Waals surface area contributed by atoms with Crippen LogP contribution in [0.2, 0.25) is 0 Å². The maximum Gasteiger partial charge on any atom is 0.315 e. The number of carbonyl (C=O) groups is 6. The van der Waals surface area contributed by atoms with Crippen molar-refractivity contribution in [1.82, 2.24) is 42.5 Å². The van der Waals surface area contributed by atoms with Crippen molar-refractivity contribution in [2.75, 3.05) is 37.7 Å². The van der Waals surface area contributed by atoms with E-state index in [9.17, 15) is 28.8 Å². The molecular formula is C38H57N11O6S2. The molecule has 4 aliphatic heterocycles. The Labute approximate surface area is 342 Å². The predicted molar refractivity (Wildman–Crippen MR) is 222 cm³/mol. The van der Waals surface area contributed by atoms with Gasteiger partial charge in [0.05, 0.1) is 24.2 Å². The minimum Gasteiger partial charge on any atom is -0.356 e. The van der Waals surface area contributed by atoms with Crippen LogP contribution in [-0.4, -0.2) is 108 Å². The van der Waals surface area contributed by atoms with Crippen LogP contribution in [0.3, 0.4) is 0 Å². The highest BCUT2D eigenvalue weighted by Gasteiger charge is 2.43. The fourth-order valence-corrected chi connectivity index (χ4v) is 10.7. The van der Waals surface area contributed by atoms with Gasteiger partial charge in [-0.2, -0.15) is 23.5 Å². The van der Waals surface area contributed by atoms with Gasteiger partial charge in [-0.25, -0.2) is 9.59 Å². The number of nitrogens with one attached hydrogen (secondary N) is 8. The molecule has 17 nitrogen and oxygen atoms in total. The first-order valence-electron chi connectivity index (χ1n) is 20.4. The van der Waals surface area contributed by atoms with Crippen LogP contribution in [0, 0.1) is 0 Å². The smallest absolute Gasteiger partial charge is 0.315 e. The van der Waals surface area contributed by atoms with Crippen LogP contribution < -0.4 is 42.5 Å². The largest absolute Gasteiger partial charge is 0.356 e. The molecule has 0 unspecified atom stereocenters. The molecule has 8 N–H and O–H groups in total. The Bertz CT molecular complexity index is 1520. The van der Waals surface area contributed by atoms with Crippen LogP contribution in [0.5, 0.6) is 0 Å². The number of azide groups is 1. The molecule has 0 aromatic heterocycles. The van der Waals surface area contributed by atoms with Gasteiger partial charge in [0.15, 0.2) is 0 Å². The fraction of sp³-hybridized carbons (Fsp3) is 0.684. The normalized spacial score (nSPS) is 22.9. The van der Waals surface area contributed by atoms with Gasteiger partial charge < -0.3 is 42.5 Å². The third kappa shape index (κ3) is 14.2. The number of carbonyl (C=O) groups excluding carboxylic acids is 6. The van der Waals surface area contributed by atoms with Gasteiger partial charge in [-0.05, 0) is 87.9 Å². The molecule has 0 spiro atoms. The lowest BCUT2D eigenvalue weighted by atomic mass is 10.0. The molecule has 5 rings (SSSR count). The van der Waals surface area contributed by atoms with E-state index >= 15 is 0 Å². The van der Waals surface area contributed by atoms with Crippen LogP contribution in [0.15, 0.2) is 23.3 Å². The second kappa shape index (κ2) is 23.2. The highest BCUT2D eigenvalue weighted by Crippen LogP contribution is 2.34. The van der Waals surface area contributed by atoms with Crippen molar-refractivity contribution in [2.45, 2.75) is 125 Å². The Balaban J connectivity index is 0.866. The number of amides is 8. The molecule has 4 fully saturated rings. The van der Waals surface area contributed by atoms with E-state index in [2.05, 4.69) is 52.6 Å². The third-order valence-electron chi connectivity index (χ3n) is 10.7. The molecule has 0 bridgehead atoms. The van der Waals surface area contributed by atoms with Gasteiger partial charge in [-0.15, -0.1) is 0 Å². The van der Waals surface area contributed by atoms with E-state index in [0.29, 0.717) is 62.4 Å². The summed E-state index contributed by atoms with van der Waals surface area (Å²) in [5, 5.41) is 27.9. The first-order valence-corrected chi connectivity index (χ1v) is 22.5. The second-order valence-electron chi connectivity index (χ2n) is 15.0. The summed E-state index contributed by atoms with van der Waals surface area (Å²) in [5.41, 5.74) is 9.57. The van der Waals surface area contributed by atoms with Crippen molar-refractivity contribution >= 4 is 64.9 Å². The summed E-state index contributed by atoms with van der Waals surface area (Å²) in [7, 11) is 0. The summed E-state index contributed by atoms with van der Waals surface area (Å²) in [5.74, 6) is 1.18. The lowest BCUT2D eigenvalue weighted by molar-refractivity contribution is -0.122. The molecule has 4 heterocycles. The number of urea groups is 2. The monoisotopic (exact) mass is 827 g/mol. The molecule has 1 aromatic rings. The maximum atomic E-state index is 12.9. The number of benzene rings is 1. The summed E-state index contributed by atoms with van der Waals surface area (Å²) in [6.45, 7) is 1.97. The van der Waals surface area contributed by atoms with Crippen molar-refractivity contribution < 1.29 is 28.8 Å². The van der Waals surface area contributed by atoms with E-state index in [-0.39, 0.29) is 76.7 Å². The van der Waals surface area contributed by atoms with Gasteiger partial charge in [0, 0.05) is 82.8 Å². The molecule has 19 heteroatoms. The van der Waals surface area contributed by atoms with Crippen LogP contribution >= 0.6 is 23.5 Å². The van der Waals surface area contributed by atoms with Crippen molar-refractivity contribution in [3.8, 4) is 0 Å². The van der Waals surface area contributed by atoms with E-state index in [1.54, 1.807) is 0 Å². The summed E-state index contributed by atoms with van der Waals surface area (Å²) in [6.07, 6.45) is 11.0. The van der Waals surface area contributed by atoms with E-state index in [4.69, 9.17) is 5.53 Å². The first kappa shape index (κ1) is 43.8. The molecule has 4 aliphatic rings. The van der Waals surface area contributed by atoms with E-state index in [0.717, 1.165) is 75.7 Å². The lowest BCUT2D eigenvalue weighted by Gasteiger charge is -2.16. The van der Waals surface area contributed by atoms with E-state index in [1.165, 1.54) is 18.2 Å². The zero-order valence-electron chi connectivity index (χ0n) is 32.4. The summed E-state index contributed by atoms with van der Waals surface area (Å²) in [4.78, 5) is 76.2. The van der Waals surface area contributed by atoms with Gasteiger partial charge in [0.2, 0.25) is 11.8 Å². The highest BCUT2D eigenvalue weighted by atomic mass is 32.2. The summed E-state index contributed by atoms with van der Waals surface area (Å²) < 4.78 is 0. The maximum absolute atomic E-state index is 12.9.